The van der Waals surface area contributed by atoms with Crippen molar-refractivity contribution < 1.29 is 9.63 Å². The molecule has 0 saturated carbocycles. The van der Waals surface area contributed by atoms with E-state index in [1.807, 2.05) is 17.5 Å². The zero-order valence-corrected chi connectivity index (χ0v) is 11.5. The molecule has 102 valence electrons. The van der Waals surface area contributed by atoms with Crippen LogP contribution < -0.4 is 0 Å². The first kappa shape index (κ1) is 12.0. The van der Waals surface area contributed by atoms with E-state index in [0.717, 1.165) is 15.8 Å². The van der Waals surface area contributed by atoms with E-state index in [4.69, 9.17) is 4.52 Å². The van der Waals surface area contributed by atoms with E-state index in [1.54, 1.807) is 41.8 Å². The Bertz CT molecular complexity index is 929. The number of hydrogen-bond donors (Lipinski definition) is 1. The molecule has 1 N–H and O–H groups in total. The molecule has 21 heavy (non-hydrogen) atoms. The largest absolute Gasteiger partial charge is 0.508 e. The second-order valence-electron chi connectivity index (χ2n) is 4.50. The van der Waals surface area contributed by atoms with Gasteiger partial charge in [0, 0.05) is 17.3 Å². The molecule has 1 aromatic carbocycles. The molecule has 0 bridgehead atoms. The zero-order valence-electron chi connectivity index (χ0n) is 10.7. The van der Waals surface area contributed by atoms with E-state index < -0.39 is 0 Å². The van der Waals surface area contributed by atoms with Crippen molar-refractivity contribution in [2.24, 2.45) is 0 Å². The number of hydrogen-bond acceptors (Lipinski definition) is 6. The third-order valence-corrected chi connectivity index (χ3v) is 3.93. The lowest BCUT2D eigenvalue weighted by molar-refractivity contribution is 0.431. The van der Waals surface area contributed by atoms with Crippen LogP contribution in [0.4, 0.5) is 0 Å². The monoisotopic (exact) mass is 295 g/mol. The van der Waals surface area contributed by atoms with Crippen LogP contribution in [0.15, 0.2) is 52.5 Å². The van der Waals surface area contributed by atoms with Crippen molar-refractivity contribution in [1.29, 1.82) is 0 Å². The smallest absolute Gasteiger partial charge is 0.258 e. The van der Waals surface area contributed by atoms with Gasteiger partial charge in [-0.1, -0.05) is 11.2 Å². The van der Waals surface area contributed by atoms with Crippen molar-refractivity contribution in [2.75, 3.05) is 0 Å². The summed E-state index contributed by atoms with van der Waals surface area (Å²) in [5, 5.41) is 15.5. The van der Waals surface area contributed by atoms with E-state index >= 15 is 0 Å². The molecule has 0 radical (unpaired) electrons. The maximum absolute atomic E-state index is 9.49. The standard InChI is InChI=1S/C15H9N3O2S/c19-11-3-1-2-9(6-11)15-17-14(18-20-15)10-7-13-12(16-8-10)4-5-21-13/h1-8,19H. The second kappa shape index (κ2) is 4.68. The fraction of sp³-hybridized carbons (Fsp3) is 0. The highest BCUT2D eigenvalue weighted by molar-refractivity contribution is 7.17. The quantitative estimate of drug-likeness (QED) is 0.610. The third-order valence-electron chi connectivity index (χ3n) is 3.08. The van der Waals surface area contributed by atoms with Crippen LogP contribution in [0.2, 0.25) is 0 Å². The minimum atomic E-state index is 0.161. The highest BCUT2D eigenvalue weighted by Gasteiger charge is 2.12. The lowest BCUT2D eigenvalue weighted by Crippen LogP contribution is -1.83. The lowest BCUT2D eigenvalue weighted by atomic mass is 10.2. The van der Waals surface area contributed by atoms with Gasteiger partial charge in [-0.05, 0) is 35.7 Å². The highest BCUT2D eigenvalue weighted by Crippen LogP contribution is 2.27. The summed E-state index contributed by atoms with van der Waals surface area (Å²) >= 11 is 1.62. The van der Waals surface area contributed by atoms with Crippen LogP contribution in [0.1, 0.15) is 0 Å². The van der Waals surface area contributed by atoms with Crippen LogP contribution in [-0.2, 0) is 0 Å². The summed E-state index contributed by atoms with van der Waals surface area (Å²) in [6, 6.07) is 10.7. The first-order valence-corrected chi connectivity index (χ1v) is 7.14. The average Bonchev–Trinajstić information content (AvgIpc) is 3.15. The number of fused-ring (bicyclic) bond motifs is 1. The second-order valence-corrected chi connectivity index (χ2v) is 5.45. The number of pyridine rings is 1. The summed E-state index contributed by atoms with van der Waals surface area (Å²) in [7, 11) is 0. The molecule has 4 rings (SSSR count). The first-order chi connectivity index (χ1) is 10.3. The van der Waals surface area contributed by atoms with Crippen LogP contribution in [0.3, 0.4) is 0 Å². The maximum Gasteiger partial charge on any atom is 0.258 e. The van der Waals surface area contributed by atoms with Crippen LogP contribution >= 0.6 is 11.3 Å². The maximum atomic E-state index is 9.49. The van der Waals surface area contributed by atoms with Crippen LogP contribution in [0.25, 0.3) is 33.1 Å². The van der Waals surface area contributed by atoms with Gasteiger partial charge >= 0.3 is 0 Å². The van der Waals surface area contributed by atoms with Crippen LogP contribution in [0.5, 0.6) is 5.75 Å². The van der Waals surface area contributed by atoms with Crippen molar-refractivity contribution in [3.8, 4) is 28.6 Å². The number of benzene rings is 1. The number of aromatic nitrogens is 3. The molecule has 3 heterocycles. The normalized spacial score (nSPS) is 11.0. The minimum Gasteiger partial charge on any atom is -0.508 e. The molecule has 0 aliphatic carbocycles. The molecule has 4 aromatic rings. The van der Waals surface area contributed by atoms with Gasteiger partial charge in [0.05, 0.1) is 10.2 Å². The van der Waals surface area contributed by atoms with E-state index in [0.29, 0.717) is 17.3 Å². The summed E-state index contributed by atoms with van der Waals surface area (Å²) in [6.07, 6.45) is 1.73. The van der Waals surface area contributed by atoms with Crippen molar-refractivity contribution >= 4 is 21.6 Å². The van der Waals surface area contributed by atoms with E-state index in [9.17, 15) is 5.11 Å². The Morgan fingerprint density at radius 1 is 1.10 bits per heavy atom. The SMILES string of the molecule is Oc1cccc(-c2nc(-c3cnc4ccsc4c3)no2)c1. The summed E-state index contributed by atoms with van der Waals surface area (Å²) in [4.78, 5) is 8.72. The Morgan fingerprint density at radius 2 is 2.05 bits per heavy atom. The Labute approximate surface area is 123 Å². The van der Waals surface area contributed by atoms with Crippen LogP contribution in [0, 0.1) is 0 Å². The molecule has 6 heteroatoms. The number of thiophene rings is 1. The van der Waals surface area contributed by atoms with Gasteiger partial charge in [0.25, 0.3) is 5.89 Å². The first-order valence-electron chi connectivity index (χ1n) is 6.26. The molecule has 0 aliphatic heterocycles. The molecule has 0 saturated heterocycles. The molecule has 3 aromatic heterocycles. The van der Waals surface area contributed by atoms with Gasteiger partial charge in [-0.25, -0.2) is 0 Å². The van der Waals surface area contributed by atoms with E-state index in [1.165, 1.54) is 0 Å². The summed E-state index contributed by atoms with van der Waals surface area (Å²) in [5.74, 6) is 1.01. The van der Waals surface area contributed by atoms with Gasteiger partial charge in [0.2, 0.25) is 5.82 Å². The molecule has 0 aliphatic rings. The Balaban J connectivity index is 1.76. The van der Waals surface area contributed by atoms with Crippen molar-refractivity contribution in [1.82, 2.24) is 15.1 Å². The summed E-state index contributed by atoms with van der Waals surface area (Å²) in [6.45, 7) is 0. The van der Waals surface area contributed by atoms with Crippen molar-refractivity contribution in [3.05, 3.63) is 48.0 Å². The molecule has 0 spiro atoms. The van der Waals surface area contributed by atoms with E-state index in [2.05, 4.69) is 15.1 Å². The van der Waals surface area contributed by atoms with Gasteiger partial charge < -0.3 is 9.63 Å². The highest BCUT2D eigenvalue weighted by atomic mass is 32.1. The van der Waals surface area contributed by atoms with Gasteiger partial charge in [0.1, 0.15) is 5.75 Å². The third kappa shape index (κ3) is 2.15. The fourth-order valence-electron chi connectivity index (χ4n) is 2.07. The molecular weight excluding hydrogens is 286 g/mol. The molecule has 0 atom stereocenters. The zero-order chi connectivity index (χ0) is 14.2. The van der Waals surface area contributed by atoms with Gasteiger partial charge in [-0.3, -0.25) is 4.98 Å². The molecule has 5 nitrogen and oxygen atoms in total. The predicted molar refractivity (Wildman–Crippen MR) is 80.0 cm³/mol. The number of phenolic OH excluding ortho intramolecular Hbond substituents is 1. The van der Waals surface area contributed by atoms with Crippen molar-refractivity contribution in [3.63, 3.8) is 0 Å². The average molecular weight is 295 g/mol. The number of nitrogens with zero attached hydrogens (tertiary/aromatic N) is 3. The minimum absolute atomic E-state index is 0.161. The Hall–Kier alpha value is -2.73. The van der Waals surface area contributed by atoms with E-state index in [-0.39, 0.29) is 5.75 Å². The topological polar surface area (TPSA) is 72.0 Å². The van der Waals surface area contributed by atoms with Gasteiger partial charge in [0.15, 0.2) is 0 Å². The Morgan fingerprint density at radius 3 is 2.95 bits per heavy atom. The summed E-state index contributed by atoms with van der Waals surface area (Å²) < 4.78 is 6.34. The molecular formula is C15H9N3O2S. The molecule has 0 unspecified atom stereocenters. The van der Waals surface area contributed by atoms with Gasteiger partial charge in [-0.2, -0.15) is 4.98 Å². The van der Waals surface area contributed by atoms with Crippen LogP contribution in [-0.4, -0.2) is 20.2 Å². The molecule has 0 fully saturated rings. The number of phenols is 1. The lowest BCUT2D eigenvalue weighted by Gasteiger charge is -1.95. The predicted octanol–water partition coefficient (Wildman–Crippen LogP) is 3.72. The number of rotatable bonds is 2. The summed E-state index contributed by atoms with van der Waals surface area (Å²) in [5.41, 5.74) is 2.44. The number of aromatic hydroxyl groups is 1. The molecule has 0 amide bonds. The Kier molecular flexibility index (Phi) is 2.68. The van der Waals surface area contributed by atoms with Gasteiger partial charge in [-0.15, -0.1) is 11.3 Å². The fourth-order valence-corrected chi connectivity index (χ4v) is 2.85. The van der Waals surface area contributed by atoms with Crippen molar-refractivity contribution in [2.45, 2.75) is 0 Å².